The molecule has 1 fully saturated rings. The van der Waals surface area contributed by atoms with Gasteiger partial charge in [-0.1, -0.05) is 30.3 Å². The average molecular weight is 300 g/mol. The number of benzene rings is 1. The highest BCUT2D eigenvalue weighted by Crippen LogP contribution is 2.23. The minimum Gasteiger partial charge on any atom is -0.311 e. The van der Waals surface area contributed by atoms with Crippen molar-refractivity contribution in [1.82, 2.24) is 10.2 Å². The van der Waals surface area contributed by atoms with Gasteiger partial charge in [-0.2, -0.15) is 11.3 Å². The first kappa shape index (κ1) is 14.8. The van der Waals surface area contributed by atoms with Gasteiger partial charge >= 0.3 is 0 Å². The van der Waals surface area contributed by atoms with Gasteiger partial charge in [0.1, 0.15) is 0 Å². The summed E-state index contributed by atoms with van der Waals surface area (Å²) in [5.41, 5.74) is 3.08. The lowest BCUT2D eigenvalue weighted by Gasteiger charge is -2.46. The molecule has 1 aliphatic heterocycles. The van der Waals surface area contributed by atoms with Crippen LogP contribution in [0.1, 0.15) is 25.0 Å². The molecule has 1 aromatic carbocycles. The van der Waals surface area contributed by atoms with E-state index in [2.05, 4.69) is 71.2 Å². The van der Waals surface area contributed by atoms with Crippen LogP contribution in [0.3, 0.4) is 0 Å². The molecule has 0 spiro atoms. The van der Waals surface area contributed by atoms with Crippen molar-refractivity contribution in [3.8, 4) is 0 Å². The third kappa shape index (κ3) is 3.73. The molecule has 1 saturated heterocycles. The molecule has 2 aromatic rings. The Balaban J connectivity index is 1.66. The van der Waals surface area contributed by atoms with Crippen LogP contribution in [0.4, 0.5) is 0 Å². The van der Waals surface area contributed by atoms with Gasteiger partial charge in [0.15, 0.2) is 0 Å². The second kappa shape index (κ2) is 6.30. The number of nitrogens with one attached hydrogen (secondary N) is 1. The van der Waals surface area contributed by atoms with Gasteiger partial charge in [-0.05, 0) is 48.2 Å². The predicted octanol–water partition coefficient (Wildman–Crippen LogP) is 3.54. The van der Waals surface area contributed by atoms with Crippen LogP contribution in [0.5, 0.6) is 0 Å². The summed E-state index contributed by atoms with van der Waals surface area (Å²) in [6, 6.07) is 13.6. The van der Waals surface area contributed by atoms with E-state index in [1.165, 1.54) is 11.1 Å². The first-order valence-corrected chi connectivity index (χ1v) is 8.61. The summed E-state index contributed by atoms with van der Waals surface area (Å²) in [4.78, 5) is 2.62. The number of hydrogen-bond acceptors (Lipinski definition) is 3. The van der Waals surface area contributed by atoms with Crippen molar-refractivity contribution in [1.29, 1.82) is 0 Å². The molecule has 1 N–H and O–H groups in total. The van der Waals surface area contributed by atoms with Crippen LogP contribution in [-0.4, -0.2) is 29.6 Å². The van der Waals surface area contributed by atoms with Crippen molar-refractivity contribution in [3.05, 3.63) is 58.3 Å². The molecule has 1 aliphatic rings. The number of thiophene rings is 1. The zero-order chi connectivity index (χ0) is 14.7. The summed E-state index contributed by atoms with van der Waals surface area (Å²) in [5.74, 6) is 0. The number of hydrogen-bond donors (Lipinski definition) is 1. The molecule has 0 aliphatic carbocycles. The fourth-order valence-corrected chi connectivity index (χ4v) is 3.66. The molecule has 3 rings (SSSR count). The van der Waals surface area contributed by atoms with Gasteiger partial charge in [0, 0.05) is 31.2 Å². The Kier molecular flexibility index (Phi) is 4.43. The molecule has 1 unspecified atom stereocenters. The van der Waals surface area contributed by atoms with E-state index in [-0.39, 0.29) is 5.54 Å². The molecular weight excluding hydrogens is 276 g/mol. The summed E-state index contributed by atoms with van der Waals surface area (Å²) in [7, 11) is 0. The molecule has 2 heterocycles. The van der Waals surface area contributed by atoms with Crippen LogP contribution in [0.15, 0.2) is 47.2 Å². The first-order chi connectivity index (χ1) is 10.1. The smallest absolute Gasteiger partial charge is 0.0281 e. The molecule has 3 heteroatoms. The van der Waals surface area contributed by atoms with E-state index in [9.17, 15) is 0 Å². The van der Waals surface area contributed by atoms with Gasteiger partial charge in [0.05, 0.1) is 0 Å². The summed E-state index contributed by atoms with van der Waals surface area (Å²) < 4.78 is 0. The SMILES string of the molecule is CC1(C)CNC(Cc2ccccc2)CN1Cc1ccsc1. The third-order valence-electron chi connectivity index (χ3n) is 4.40. The van der Waals surface area contributed by atoms with Gasteiger partial charge in [0.2, 0.25) is 0 Å². The van der Waals surface area contributed by atoms with Crippen molar-refractivity contribution < 1.29 is 0 Å². The maximum Gasteiger partial charge on any atom is 0.0281 e. The highest BCUT2D eigenvalue weighted by molar-refractivity contribution is 7.07. The van der Waals surface area contributed by atoms with Crippen LogP contribution < -0.4 is 5.32 Å². The Bertz CT molecular complexity index is 548. The lowest BCUT2D eigenvalue weighted by Crippen LogP contribution is -2.61. The normalized spacial score (nSPS) is 22.3. The lowest BCUT2D eigenvalue weighted by atomic mass is 9.94. The Morgan fingerprint density at radius 1 is 1.19 bits per heavy atom. The average Bonchev–Trinajstić information content (AvgIpc) is 2.97. The number of nitrogens with zero attached hydrogens (tertiary/aromatic N) is 1. The predicted molar refractivity (Wildman–Crippen MR) is 90.7 cm³/mol. The van der Waals surface area contributed by atoms with E-state index >= 15 is 0 Å². The molecule has 21 heavy (non-hydrogen) atoms. The van der Waals surface area contributed by atoms with Crippen molar-refractivity contribution >= 4 is 11.3 Å². The molecule has 1 aromatic heterocycles. The molecule has 0 bridgehead atoms. The lowest BCUT2D eigenvalue weighted by molar-refractivity contribution is 0.0587. The minimum atomic E-state index is 0.217. The fourth-order valence-electron chi connectivity index (χ4n) is 3.00. The number of piperazine rings is 1. The minimum absolute atomic E-state index is 0.217. The fraction of sp³-hybridized carbons (Fsp3) is 0.444. The molecule has 0 saturated carbocycles. The Morgan fingerprint density at radius 3 is 2.71 bits per heavy atom. The van der Waals surface area contributed by atoms with E-state index in [0.717, 1.165) is 26.1 Å². The Labute approximate surface area is 131 Å². The zero-order valence-corrected chi connectivity index (χ0v) is 13.7. The molecule has 0 amide bonds. The monoisotopic (exact) mass is 300 g/mol. The zero-order valence-electron chi connectivity index (χ0n) is 12.9. The standard InChI is InChI=1S/C18H24N2S/c1-18(2)14-19-17(10-15-6-4-3-5-7-15)12-20(18)11-16-8-9-21-13-16/h3-9,13,17,19H,10-12,14H2,1-2H3. The molecule has 2 nitrogen and oxygen atoms in total. The highest BCUT2D eigenvalue weighted by atomic mass is 32.1. The number of rotatable bonds is 4. The largest absolute Gasteiger partial charge is 0.311 e. The van der Waals surface area contributed by atoms with Gasteiger partial charge in [-0.15, -0.1) is 0 Å². The maximum absolute atomic E-state index is 3.73. The van der Waals surface area contributed by atoms with Crippen molar-refractivity contribution in [2.75, 3.05) is 13.1 Å². The maximum atomic E-state index is 3.73. The third-order valence-corrected chi connectivity index (χ3v) is 5.13. The van der Waals surface area contributed by atoms with Crippen LogP contribution in [-0.2, 0) is 13.0 Å². The van der Waals surface area contributed by atoms with Gasteiger partial charge < -0.3 is 5.32 Å². The second-order valence-electron chi connectivity index (χ2n) is 6.59. The summed E-state index contributed by atoms with van der Waals surface area (Å²) in [6.07, 6.45) is 1.11. The van der Waals surface area contributed by atoms with Crippen molar-refractivity contribution in [3.63, 3.8) is 0 Å². The van der Waals surface area contributed by atoms with Crippen LogP contribution in [0.2, 0.25) is 0 Å². The van der Waals surface area contributed by atoms with Crippen LogP contribution >= 0.6 is 11.3 Å². The topological polar surface area (TPSA) is 15.3 Å². The van der Waals surface area contributed by atoms with E-state index in [1.54, 1.807) is 11.3 Å². The summed E-state index contributed by atoms with van der Waals surface area (Å²) >= 11 is 1.79. The quantitative estimate of drug-likeness (QED) is 0.929. The summed E-state index contributed by atoms with van der Waals surface area (Å²) in [5, 5.41) is 8.17. The van der Waals surface area contributed by atoms with Gasteiger partial charge in [0.25, 0.3) is 0 Å². The molecule has 112 valence electrons. The Hall–Kier alpha value is -1.16. The molecule has 0 radical (unpaired) electrons. The Morgan fingerprint density at radius 2 is 2.00 bits per heavy atom. The van der Waals surface area contributed by atoms with Crippen LogP contribution in [0.25, 0.3) is 0 Å². The van der Waals surface area contributed by atoms with E-state index in [1.807, 2.05) is 0 Å². The van der Waals surface area contributed by atoms with Crippen molar-refractivity contribution in [2.45, 2.75) is 38.4 Å². The summed E-state index contributed by atoms with van der Waals surface area (Å²) in [6.45, 7) is 7.89. The van der Waals surface area contributed by atoms with Gasteiger partial charge in [-0.25, -0.2) is 0 Å². The van der Waals surface area contributed by atoms with Crippen molar-refractivity contribution in [2.24, 2.45) is 0 Å². The van der Waals surface area contributed by atoms with Gasteiger partial charge in [-0.3, -0.25) is 4.90 Å². The van der Waals surface area contributed by atoms with E-state index < -0.39 is 0 Å². The van der Waals surface area contributed by atoms with E-state index in [4.69, 9.17) is 0 Å². The van der Waals surface area contributed by atoms with E-state index in [0.29, 0.717) is 6.04 Å². The second-order valence-corrected chi connectivity index (χ2v) is 7.37. The molecular formula is C18H24N2S. The van der Waals surface area contributed by atoms with Crippen LogP contribution in [0, 0.1) is 0 Å². The highest BCUT2D eigenvalue weighted by Gasteiger charge is 2.33. The molecule has 1 atom stereocenters. The first-order valence-electron chi connectivity index (χ1n) is 7.67.